The minimum atomic E-state index is 0.759. The fourth-order valence-electron chi connectivity index (χ4n) is 2.90. The van der Waals surface area contributed by atoms with E-state index >= 15 is 0 Å². The van der Waals surface area contributed by atoms with E-state index in [1.807, 2.05) is 0 Å². The Morgan fingerprint density at radius 3 is 3.10 bits per heavy atom. The van der Waals surface area contributed by atoms with Gasteiger partial charge in [-0.2, -0.15) is 0 Å². The lowest BCUT2D eigenvalue weighted by Gasteiger charge is -2.10. The van der Waals surface area contributed by atoms with Gasteiger partial charge in [0.2, 0.25) is 0 Å². The van der Waals surface area contributed by atoms with Gasteiger partial charge >= 0.3 is 0 Å². The molecule has 1 aromatic carbocycles. The second-order valence-electron chi connectivity index (χ2n) is 6.00. The molecule has 2 heterocycles. The molecule has 4 rings (SSSR count). The normalized spacial score (nSPS) is 16.8. The van der Waals surface area contributed by atoms with Crippen molar-refractivity contribution in [3.05, 3.63) is 51.8 Å². The Kier molecular flexibility index (Phi) is 3.51. The molecule has 3 nitrogen and oxygen atoms in total. The molecule has 110 valence electrons. The molecule has 0 radical (unpaired) electrons. The highest BCUT2D eigenvalue weighted by molar-refractivity contribution is 9.10. The van der Waals surface area contributed by atoms with E-state index in [4.69, 9.17) is 4.74 Å². The van der Waals surface area contributed by atoms with E-state index in [-0.39, 0.29) is 0 Å². The average Bonchev–Trinajstić information content (AvgIpc) is 2.98. The third kappa shape index (κ3) is 3.01. The van der Waals surface area contributed by atoms with E-state index in [9.17, 15) is 0 Å². The van der Waals surface area contributed by atoms with Crippen LogP contribution in [-0.4, -0.2) is 17.2 Å². The summed E-state index contributed by atoms with van der Waals surface area (Å²) in [4.78, 5) is 0. The first-order chi connectivity index (χ1) is 10.3. The summed E-state index contributed by atoms with van der Waals surface area (Å²) in [6, 6.07) is 7.31. The van der Waals surface area contributed by atoms with E-state index < -0.39 is 0 Å². The van der Waals surface area contributed by atoms with Crippen LogP contribution in [-0.2, 0) is 19.5 Å². The highest BCUT2D eigenvalue weighted by Crippen LogP contribution is 2.33. The van der Waals surface area contributed by atoms with Gasteiger partial charge in [-0.3, -0.25) is 0 Å². The summed E-state index contributed by atoms with van der Waals surface area (Å²) in [5.74, 6) is 1.09. The minimum absolute atomic E-state index is 0.759. The van der Waals surface area contributed by atoms with Crippen LogP contribution in [0.2, 0.25) is 0 Å². The first kappa shape index (κ1) is 13.4. The topological polar surface area (TPSA) is 26.2 Å². The zero-order valence-electron chi connectivity index (χ0n) is 11.9. The van der Waals surface area contributed by atoms with Crippen molar-refractivity contribution in [2.24, 2.45) is 0 Å². The summed E-state index contributed by atoms with van der Waals surface area (Å²) in [7, 11) is 0. The molecule has 2 aromatic rings. The van der Waals surface area contributed by atoms with Gasteiger partial charge in [0.05, 0.1) is 13.2 Å². The zero-order chi connectivity index (χ0) is 14.2. The summed E-state index contributed by atoms with van der Waals surface area (Å²) in [6.07, 6.45) is 8.08. The monoisotopic (exact) mass is 346 g/mol. The molecule has 0 atom stereocenters. The van der Waals surface area contributed by atoms with E-state index in [1.165, 1.54) is 29.5 Å². The number of rotatable bonds is 5. The summed E-state index contributed by atoms with van der Waals surface area (Å²) < 4.78 is 9.19. The van der Waals surface area contributed by atoms with E-state index in [1.54, 1.807) is 0 Å². The summed E-state index contributed by atoms with van der Waals surface area (Å²) in [5, 5.41) is 3.56. The number of hydrogen-bond acceptors (Lipinski definition) is 2. The third-order valence-electron chi connectivity index (χ3n) is 4.16. The van der Waals surface area contributed by atoms with E-state index in [0.29, 0.717) is 0 Å². The Labute approximate surface area is 133 Å². The summed E-state index contributed by atoms with van der Waals surface area (Å²) >= 11 is 3.61. The lowest BCUT2D eigenvalue weighted by Crippen LogP contribution is -2.14. The fraction of sp³-hybridized carbons (Fsp3) is 0.412. The Hall–Kier alpha value is -1.26. The standard InChI is InChI=1S/C17H19BrN2O/c18-15-7-13-4-6-21-17(13)14(8-15)11-20-5-3-12(10-20)9-19-16-1-2-16/h3,5,7-8,10,16,19H,1-2,4,6,9,11H2. The molecule has 1 N–H and O–H groups in total. The first-order valence-electron chi connectivity index (χ1n) is 7.60. The first-order valence-corrected chi connectivity index (χ1v) is 8.39. The Balaban J connectivity index is 1.50. The molecule has 1 fully saturated rings. The van der Waals surface area contributed by atoms with Crippen LogP contribution in [0.15, 0.2) is 35.1 Å². The van der Waals surface area contributed by atoms with Crippen molar-refractivity contribution in [2.75, 3.05) is 6.61 Å². The molecule has 0 bridgehead atoms. The molecular formula is C17H19BrN2O. The van der Waals surface area contributed by atoms with Crippen molar-refractivity contribution in [2.45, 2.75) is 38.4 Å². The lowest BCUT2D eigenvalue weighted by atomic mass is 10.1. The maximum atomic E-state index is 5.80. The number of aromatic nitrogens is 1. The van der Waals surface area contributed by atoms with Gasteiger partial charge in [-0.25, -0.2) is 0 Å². The molecule has 0 unspecified atom stereocenters. The number of nitrogens with one attached hydrogen (secondary N) is 1. The second-order valence-corrected chi connectivity index (χ2v) is 6.91. The van der Waals surface area contributed by atoms with Gasteiger partial charge in [0.25, 0.3) is 0 Å². The van der Waals surface area contributed by atoms with Gasteiger partial charge in [-0.05, 0) is 42.2 Å². The molecular weight excluding hydrogens is 328 g/mol. The van der Waals surface area contributed by atoms with Gasteiger partial charge in [-0.15, -0.1) is 0 Å². The van der Waals surface area contributed by atoms with Crippen LogP contribution in [0.5, 0.6) is 5.75 Å². The molecule has 1 aliphatic heterocycles. The van der Waals surface area contributed by atoms with Crippen molar-refractivity contribution in [1.29, 1.82) is 0 Å². The molecule has 4 heteroatoms. The van der Waals surface area contributed by atoms with Crippen molar-refractivity contribution in [3.8, 4) is 5.75 Å². The minimum Gasteiger partial charge on any atom is -0.493 e. The van der Waals surface area contributed by atoms with Crippen LogP contribution in [0.1, 0.15) is 29.5 Å². The molecule has 1 aliphatic carbocycles. The molecule has 2 aliphatic rings. The molecule has 1 aromatic heterocycles. The van der Waals surface area contributed by atoms with Gasteiger partial charge in [-0.1, -0.05) is 15.9 Å². The van der Waals surface area contributed by atoms with Gasteiger partial charge in [0.1, 0.15) is 5.75 Å². The number of ether oxygens (including phenoxy) is 1. The van der Waals surface area contributed by atoms with E-state index in [2.05, 4.69) is 56.4 Å². The number of benzene rings is 1. The van der Waals surface area contributed by atoms with Crippen LogP contribution in [0.3, 0.4) is 0 Å². The average molecular weight is 347 g/mol. The van der Waals surface area contributed by atoms with Gasteiger partial charge in [0, 0.05) is 41.4 Å². The Morgan fingerprint density at radius 1 is 1.33 bits per heavy atom. The smallest absolute Gasteiger partial charge is 0.127 e. The molecule has 0 spiro atoms. The van der Waals surface area contributed by atoms with Crippen molar-refractivity contribution >= 4 is 15.9 Å². The Bertz CT molecular complexity index is 661. The highest BCUT2D eigenvalue weighted by Gasteiger charge is 2.20. The number of hydrogen-bond donors (Lipinski definition) is 1. The van der Waals surface area contributed by atoms with E-state index in [0.717, 1.165) is 42.4 Å². The fourth-order valence-corrected chi connectivity index (χ4v) is 3.46. The Morgan fingerprint density at radius 2 is 2.24 bits per heavy atom. The third-order valence-corrected chi connectivity index (χ3v) is 4.62. The van der Waals surface area contributed by atoms with Crippen LogP contribution in [0, 0.1) is 0 Å². The lowest BCUT2D eigenvalue weighted by molar-refractivity contribution is 0.352. The van der Waals surface area contributed by atoms with Crippen molar-refractivity contribution in [3.63, 3.8) is 0 Å². The zero-order valence-corrected chi connectivity index (χ0v) is 13.5. The predicted octanol–water partition coefficient (Wildman–Crippen LogP) is 3.49. The molecule has 21 heavy (non-hydrogen) atoms. The van der Waals surface area contributed by atoms with Crippen molar-refractivity contribution in [1.82, 2.24) is 9.88 Å². The quantitative estimate of drug-likeness (QED) is 0.896. The summed E-state index contributed by atoms with van der Waals surface area (Å²) in [5.41, 5.74) is 3.94. The second kappa shape index (κ2) is 5.50. The molecule has 0 amide bonds. The predicted molar refractivity (Wildman–Crippen MR) is 86.7 cm³/mol. The van der Waals surface area contributed by atoms with Crippen LogP contribution >= 0.6 is 15.9 Å². The van der Waals surface area contributed by atoms with Crippen LogP contribution in [0.25, 0.3) is 0 Å². The largest absolute Gasteiger partial charge is 0.493 e. The maximum absolute atomic E-state index is 5.80. The maximum Gasteiger partial charge on any atom is 0.127 e. The van der Waals surface area contributed by atoms with Gasteiger partial charge < -0.3 is 14.6 Å². The number of halogens is 1. The number of nitrogens with zero attached hydrogens (tertiary/aromatic N) is 1. The van der Waals surface area contributed by atoms with Crippen molar-refractivity contribution < 1.29 is 4.74 Å². The SMILES string of the molecule is Brc1cc2c(c(Cn3ccc(CNC4CC4)c3)c1)OCC2. The highest BCUT2D eigenvalue weighted by atomic mass is 79.9. The summed E-state index contributed by atoms with van der Waals surface area (Å²) in [6.45, 7) is 2.65. The van der Waals surface area contributed by atoms with Crippen LogP contribution < -0.4 is 10.1 Å². The molecule has 1 saturated carbocycles. The van der Waals surface area contributed by atoms with Crippen LogP contribution in [0.4, 0.5) is 0 Å². The number of fused-ring (bicyclic) bond motifs is 1. The molecule has 0 saturated heterocycles. The van der Waals surface area contributed by atoms with Gasteiger partial charge in [0.15, 0.2) is 0 Å².